The fraction of sp³-hybridized carbons (Fsp3) is 0.211. The number of carboxylic acid groups (broad SMARTS) is 1. The molecule has 0 radical (unpaired) electrons. The van der Waals surface area contributed by atoms with Crippen LogP contribution in [-0.2, 0) is 16.0 Å². The molecular formula is C19H18N2O4. The molecule has 1 amide bonds. The zero-order valence-corrected chi connectivity index (χ0v) is 13.5. The average molecular weight is 338 g/mol. The van der Waals surface area contributed by atoms with Gasteiger partial charge in [-0.25, -0.2) is 0 Å². The highest BCUT2D eigenvalue weighted by Crippen LogP contribution is 2.18. The van der Waals surface area contributed by atoms with Crippen LogP contribution in [-0.4, -0.2) is 23.6 Å². The van der Waals surface area contributed by atoms with Crippen molar-refractivity contribution in [3.05, 3.63) is 60.2 Å². The van der Waals surface area contributed by atoms with E-state index in [1.54, 1.807) is 24.3 Å². The number of nitrogens with one attached hydrogen (secondary N) is 1. The number of hydrogen-bond acceptors (Lipinski definition) is 4. The Morgan fingerprint density at radius 2 is 1.80 bits per heavy atom. The van der Waals surface area contributed by atoms with E-state index >= 15 is 0 Å². The van der Waals surface area contributed by atoms with Crippen molar-refractivity contribution in [2.45, 2.75) is 12.8 Å². The van der Waals surface area contributed by atoms with E-state index in [4.69, 9.17) is 10.00 Å². The Morgan fingerprint density at radius 3 is 2.40 bits per heavy atom. The lowest BCUT2D eigenvalue weighted by molar-refractivity contribution is -0.143. The minimum absolute atomic E-state index is 0.0501. The van der Waals surface area contributed by atoms with Gasteiger partial charge in [0.15, 0.2) is 6.61 Å². The lowest BCUT2D eigenvalue weighted by Gasteiger charge is -2.13. The van der Waals surface area contributed by atoms with Crippen LogP contribution in [0.2, 0.25) is 0 Å². The molecule has 1 atom stereocenters. The second-order valence-corrected chi connectivity index (χ2v) is 5.45. The number of nitrogens with zero attached hydrogens (tertiary/aromatic N) is 1. The SMILES string of the molecule is N#CCOc1ccc(NC(=O)CC(Cc2ccccc2)C(=O)O)cc1. The summed E-state index contributed by atoms with van der Waals surface area (Å²) in [6.45, 7) is -0.0501. The Hall–Kier alpha value is -3.33. The number of carbonyl (C=O) groups is 2. The molecule has 0 aliphatic carbocycles. The van der Waals surface area contributed by atoms with Gasteiger partial charge in [-0.1, -0.05) is 30.3 Å². The first-order valence-electron chi connectivity index (χ1n) is 7.75. The number of carbonyl (C=O) groups excluding carboxylic acids is 1. The fourth-order valence-corrected chi connectivity index (χ4v) is 2.33. The molecule has 25 heavy (non-hydrogen) atoms. The van der Waals surface area contributed by atoms with Gasteiger partial charge >= 0.3 is 5.97 Å². The van der Waals surface area contributed by atoms with Gasteiger partial charge in [-0.3, -0.25) is 9.59 Å². The van der Waals surface area contributed by atoms with Gasteiger partial charge in [0.1, 0.15) is 11.8 Å². The lowest BCUT2D eigenvalue weighted by atomic mass is 9.96. The van der Waals surface area contributed by atoms with Crippen LogP contribution in [0.15, 0.2) is 54.6 Å². The maximum absolute atomic E-state index is 12.1. The molecule has 6 heteroatoms. The summed E-state index contributed by atoms with van der Waals surface area (Å²) in [5.74, 6) is -1.64. The van der Waals surface area contributed by atoms with E-state index in [0.717, 1.165) is 5.56 Å². The molecule has 0 saturated carbocycles. The van der Waals surface area contributed by atoms with Crippen molar-refractivity contribution in [3.63, 3.8) is 0 Å². The normalized spacial score (nSPS) is 11.2. The third kappa shape index (κ3) is 5.99. The minimum Gasteiger partial charge on any atom is -0.481 e. The second-order valence-electron chi connectivity index (χ2n) is 5.45. The van der Waals surface area contributed by atoms with E-state index < -0.39 is 11.9 Å². The van der Waals surface area contributed by atoms with Crippen LogP contribution in [0, 0.1) is 17.2 Å². The summed E-state index contributed by atoms with van der Waals surface area (Å²) in [7, 11) is 0. The maximum Gasteiger partial charge on any atom is 0.307 e. The van der Waals surface area contributed by atoms with Gasteiger partial charge in [0, 0.05) is 12.1 Å². The standard InChI is InChI=1S/C19H18N2O4/c20-10-11-25-17-8-6-16(7-9-17)21-18(22)13-15(19(23)24)12-14-4-2-1-3-5-14/h1-9,15H,11-13H2,(H,21,22)(H,23,24). The Kier molecular flexibility index (Phi) is 6.55. The summed E-state index contributed by atoms with van der Waals surface area (Å²) in [6.07, 6.45) is 0.182. The molecule has 0 aromatic heterocycles. The lowest BCUT2D eigenvalue weighted by Crippen LogP contribution is -2.24. The van der Waals surface area contributed by atoms with E-state index in [9.17, 15) is 14.7 Å². The van der Waals surface area contributed by atoms with Crippen LogP contribution in [0.4, 0.5) is 5.69 Å². The predicted molar refractivity (Wildman–Crippen MR) is 92.1 cm³/mol. The molecule has 2 aromatic carbocycles. The number of benzene rings is 2. The van der Waals surface area contributed by atoms with Crippen LogP contribution >= 0.6 is 0 Å². The number of anilines is 1. The van der Waals surface area contributed by atoms with E-state index in [1.165, 1.54) is 0 Å². The van der Waals surface area contributed by atoms with E-state index in [-0.39, 0.29) is 18.9 Å². The molecule has 0 heterocycles. The van der Waals surface area contributed by atoms with Crippen molar-refractivity contribution < 1.29 is 19.4 Å². The summed E-state index contributed by atoms with van der Waals surface area (Å²) in [6, 6.07) is 17.6. The number of nitriles is 1. The van der Waals surface area contributed by atoms with Crippen LogP contribution in [0.1, 0.15) is 12.0 Å². The molecule has 0 aliphatic heterocycles. The summed E-state index contributed by atoms with van der Waals surface area (Å²) in [4.78, 5) is 23.5. The molecule has 1 unspecified atom stereocenters. The Morgan fingerprint density at radius 1 is 1.12 bits per heavy atom. The van der Waals surface area contributed by atoms with Crippen LogP contribution in [0.25, 0.3) is 0 Å². The highest BCUT2D eigenvalue weighted by molar-refractivity contribution is 5.93. The zero-order chi connectivity index (χ0) is 18.1. The summed E-state index contributed by atoms with van der Waals surface area (Å²) >= 11 is 0. The number of hydrogen-bond donors (Lipinski definition) is 2. The fourth-order valence-electron chi connectivity index (χ4n) is 2.33. The third-order valence-electron chi connectivity index (χ3n) is 3.55. The summed E-state index contributed by atoms with van der Waals surface area (Å²) in [5, 5.41) is 20.5. The molecular weight excluding hydrogens is 320 g/mol. The molecule has 0 aliphatic rings. The number of ether oxygens (including phenoxy) is 1. The van der Waals surface area contributed by atoms with Crippen LogP contribution < -0.4 is 10.1 Å². The Bertz CT molecular complexity index is 751. The molecule has 2 aromatic rings. The maximum atomic E-state index is 12.1. The smallest absolute Gasteiger partial charge is 0.307 e. The quantitative estimate of drug-likeness (QED) is 0.771. The molecule has 0 bridgehead atoms. The van der Waals surface area contributed by atoms with Gasteiger partial charge in [0.25, 0.3) is 0 Å². The van der Waals surface area contributed by atoms with Crippen LogP contribution in [0.5, 0.6) is 5.75 Å². The number of carboxylic acids is 1. The van der Waals surface area contributed by atoms with Crippen molar-refractivity contribution in [1.29, 1.82) is 5.26 Å². The van der Waals surface area contributed by atoms with Gasteiger partial charge in [-0.05, 0) is 36.2 Å². The monoisotopic (exact) mass is 338 g/mol. The van der Waals surface area contributed by atoms with Gasteiger partial charge in [-0.2, -0.15) is 5.26 Å². The predicted octanol–water partition coefficient (Wildman–Crippen LogP) is 2.86. The first-order chi connectivity index (χ1) is 12.1. The highest BCUT2D eigenvalue weighted by Gasteiger charge is 2.21. The van der Waals surface area contributed by atoms with Gasteiger partial charge < -0.3 is 15.2 Å². The Balaban J connectivity index is 1.92. The van der Waals surface area contributed by atoms with Crippen molar-refractivity contribution in [1.82, 2.24) is 0 Å². The molecule has 6 nitrogen and oxygen atoms in total. The van der Waals surface area contributed by atoms with Crippen LogP contribution in [0.3, 0.4) is 0 Å². The molecule has 2 rings (SSSR count). The first kappa shape index (κ1) is 18.0. The number of aliphatic carboxylic acids is 1. The topological polar surface area (TPSA) is 99.4 Å². The zero-order valence-electron chi connectivity index (χ0n) is 13.5. The summed E-state index contributed by atoms with van der Waals surface area (Å²) in [5.41, 5.74) is 1.42. The van der Waals surface area contributed by atoms with E-state index in [2.05, 4.69) is 5.32 Å². The molecule has 128 valence electrons. The third-order valence-corrected chi connectivity index (χ3v) is 3.55. The van der Waals surface area contributed by atoms with Crippen molar-refractivity contribution in [3.8, 4) is 11.8 Å². The van der Waals surface area contributed by atoms with Gasteiger partial charge in [0.2, 0.25) is 5.91 Å². The number of rotatable bonds is 8. The van der Waals surface area contributed by atoms with E-state index in [0.29, 0.717) is 17.9 Å². The molecule has 2 N–H and O–H groups in total. The summed E-state index contributed by atoms with van der Waals surface area (Å²) < 4.78 is 5.13. The molecule has 0 fully saturated rings. The molecule has 0 spiro atoms. The van der Waals surface area contributed by atoms with E-state index in [1.807, 2.05) is 36.4 Å². The number of amides is 1. The Labute approximate surface area is 145 Å². The second kappa shape index (κ2) is 9.08. The average Bonchev–Trinajstić information content (AvgIpc) is 2.61. The van der Waals surface area contributed by atoms with Crippen molar-refractivity contribution >= 4 is 17.6 Å². The molecule has 0 saturated heterocycles. The van der Waals surface area contributed by atoms with Gasteiger partial charge in [0.05, 0.1) is 5.92 Å². The first-order valence-corrected chi connectivity index (χ1v) is 7.75. The largest absolute Gasteiger partial charge is 0.481 e. The minimum atomic E-state index is -1.00. The highest BCUT2D eigenvalue weighted by atomic mass is 16.5. The van der Waals surface area contributed by atoms with Crippen molar-refractivity contribution in [2.75, 3.05) is 11.9 Å². The van der Waals surface area contributed by atoms with Gasteiger partial charge in [-0.15, -0.1) is 0 Å². The van der Waals surface area contributed by atoms with Crippen molar-refractivity contribution in [2.24, 2.45) is 5.92 Å².